The molecule has 1 aromatic heterocycles. The van der Waals surface area contributed by atoms with Crippen LogP contribution in [0.2, 0.25) is 0 Å². The predicted octanol–water partition coefficient (Wildman–Crippen LogP) is -2.54. The van der Waals surface area contributed by atoms with Crippen LogP contribution in [-0.2, 0) is 4.79 Å². The molecule has 0 saturated heterocycles. The zero-order valence-corrected chi connectivity index (χ0v) is 11.5. The normalized spacial score (nSPS) is 8.32. The number of aromatic nitrogens is 1. The van der Waals surface area contributed by atoms with Gasteiger partial charge in [-0.1, -0.05) is 12.4 Å². The van der Waals surface area contributed by atoms with Gasteiger partial charge in [-0.2, -0.15) is 17.4 Å². The molecule has 0 aliphatic rings. The van der Waals surface area contributed by atoms with Gasteiger partial charge in [-0.3, -0.25) is 4.79 Å². The number of rotatable bonds is 4. The first-order valence-electron chi connectivity index (χ1n) is 5.42. The maximum Gasteiger partial charge on any atom is 1.00 e. The van der Waals surface area contributed by atoms with E-state index in [4.69, 9.17) is 5.26 Å². The molecule has 1 rings (SSSR count). The summed E-state index contributed by atoms with van der Waals surface area (Å²) in [6.07, 6.45) is 4.04. The van der Waals surface area contributed by atoms with Crippen LogP contribution in [0.5, 0.6) is 0 Å². The van der Waals surface area contributed by atoms with Gasteiger partial charge in [0.05, 0.1) is 12.6 Å². The third-order valence-corrected chi connectivity index (χ3v) is 1.97. The third kappa shape index (κ3) is 9.27. The zero-order chi connectivity index (χ0) is 13.8. The fourth-order valence-corrected chi connectivity index (χ4v) is 1.01. The standard InChI is InChI=1S/C7H14N2O.C6H3N2.Li/c1-4-9(5-2)7(10)6-8-3;7-4-6-2-1-3-8-5-6;/h8H,1-2,4-6H2,3H3;1-2,5H;/q-2;-1;+1. The van der Waals surface area contributed by atoms with E-state index in [1.54, 1.807) is 24.1 Å². The molecule has 98 valence electrons. The van der Waals surface area contributed by atoms with Crippen molar-refractivity contribution in [1.29, 1.82) is 5.26 Å². The summed E-state index contributed by atoms with van der Waals surface area (Å²) in [4.78, 5) is 16.2. The number of carbonyl (C=O) groups excluding carboxylic acids is 1. The Morgan fingerprint density at radius 1 is 1.58 bits per heavy atom. The van der Waals surface area contributed by atoms with Gasteiger partial charge in [-0.15, -0.1) is 13.1 Å². The molecule has 0 spiro atoms. The van der Waals surface area contributed by atoms with Crippen LogP contribution >= 0.6 is 0 Å². The Bertz CT molecular complexity index is 374. The van der Waals surface area contributed by atoms with Gasteiger partial charge in [0.15, 0.2) is 0 Å². The van der Waals surface area contributed by atoms with Crippen molar-refractivity contribution in [2.24, 2.45) is 0 Å². The minimum Gasteiger partial charge on any atom is -0.402 e. The van der Waals surface area contributed by atoms with Crippen molar-refractivity contribution in [3.63, 3.8) is 0 Å². The molecule has 0 atom stereocenters. The van der Waals surface area contributed by atoms with Crippen LogP contribution in [0, 0.1) is 31.4 Å². The molecule has 0 radical (unpaired) electrons. The van der Waals surface area contributed by atoms with Crippen molar-refractivity contribution in [3.8, 4) is 6.07 Å². The molecule has 0 saturated carbocycles. The molecule has 19 heavy (non-hydrogen) atoms. The van der Waals surface area contributed by atoms with Crippen molar-refractivity contribution < 1.29 is 23.7 Å². The molecule has 6 heteroatoms. The van der Waals surface area contributed by atoms with Crippen LogP contribution in [0.15, 0.2) is 18.3 Å². The van der Waals surface area contributed by atoms with E-state index in [0.29, 0.717) is 25.2 Å². The average Bonchev–Trinajstić information content (AvgIpc) is 2.42. The first-order chi connectivity index (χ1) is 8.69. The Labute approximate surface area is 127 Å². The molecule has 0 aromatic carbocycles. The van der Waals surface area contributed by atoms with E-state index >= 15 is 0 Å². The van der Waals surface area contributed by atoms with Gasteiger partial charge in [0, 0.05) is 0 Å². The topological polar surface area (TPSA) is 69.0 Å². The van der Waals surface area contributed by atoms with E-state index in [0.717, 1.165) is 0 Å². The quantitative estimate of drug-likeness (QED) is 0.473. The molecule has 0 aliphatic heterocycles. The first kappa shape index (κ1) is 20.0. The maximum atomic E-state index is 11.0. The molecule has 0 unspecified atom stereocenters. The number of amides is 1. The number of hydrogen-bond donors (Lipinski definition) is 1. The van der Waals surface area contributed by atoms with Crippen LogP contribution in [0.25, 0.3) is 0 Å². The van der Waals surface area contributed by atoms with E-state index in [-0.39, 0.29) is 24.8 Å². The Hall–Kier alpha value is -1.33. The van der Waals surface area contributed by atoms with E-state index in [1.165, 1.54) is 6.20 Å². The fourth-order valence-electron chi connectivity index (χ4n) is 1.01. The Morgan fingerprint density at radius 2 is 2.21 bits per heavy atom. The van der Waals surface area contributed by atoms with Gasteiger partial charge in [-0.25, -0.2) is 0 Å². The van der Waals surface area contributed by atoms with Gasteiger partial charge < -0.3 is 29.0 Å². The van der Waals surface area contributed by atoms with E-state index in [9.17, 15) is 4.79 Å². The summed E-state index contributed by atoms with van der Waals surface area (Å²) in [5.74, 6) is 0.0486. The number of pyridine rings is 1. The number of nitrogens with one attached hydrogen (secondary N) is 1. The molecule has 1 aromatic rings. The molecule has 1 N–H and O–H groups in total. The van der Waals surface area contributed by atoms with Crippen LogP contribution in [0.1, 0.15) is 5.56 Å². The monoisotopic (exact) mass is 252 g/mol. The number of likely N-dealkylation sites (N-methyl/N-ethyl adjacent to an activating group) is 1. The first-order valence-corrected chi connectivity index (χ1v) is 5.42. The van der Waals surface area contributed by atoms with Crippen molar-refractivity contribution >= 4 is 5.91 Å². The van der Waals surface area contributed by atoms with E-state index in [2.05, 4.69) is 30.3 Å². The van der Waals surface area contributed by atoms with Crippen molar-refractivity contribution in [3.05, 3.63) is 43.9 Å². The fraction of sp³-hybridized carbons (Fsp3) is 0.308. The second-order valence-corrected chi connectivity index (χ2v) is 3.20. The summed E-state index contributed by atoms with van der Waals surface area (Å²) in [6, 6.07) is 5.21. The summed E-state index contributed by atoms with van der Waals surface area (Å²) in [5.41, 5.74) is 0.573. The Kier molecular flexibility index (Phi) is 13.8. The van der Waals surface area contributed by atoms with Crippen LogP contribution in [-0.4, -0.2) is 42.5 Å². The summed E-state index contributed by atoms with van der Waals surface area (Å²) >= 11 is 0. The van der Waals surface area contributed by atoms with Gasteiger partial charge in [-0.05, 0) is 12.6 Å². The Balaban J connectivity index is 0. The van der Waals surface area contributed by atoms with Crippen molar-refractivity contribution in [1.82, 2.24) is 15.2 Å². The second-order valence-electron chi connectivity index (χ2n) is 3.20. The zero-order valence-electron chi connectivity index (χ0n) is 11.5. The smallest absolute Gasteiger partial charge is 0.402 e. The minimum absolute atomic E-state index is 0. The molecule has 0 bridgehead atoms. The summed E-state index contributed by atoms with van der Waals surface area (Å²) in [7, 11) is 1.74. The minimum atomic E-state index is 0. The van der Waals surface area contributed by atoms with E-state index in [1.807, 2.05) is 6.07 Å². The molecule has 1 heterocycles. The average molecular weight is 252 g/mol. The number of nitriles is 1. The van der Waals surface area contributed by atoms with Crippen molar-refractivity contribution in [2.45, 2.75) is 0 Å². The van der Waals surface area contributed by atoms with Crippen LogP contribution in [0.3, 0.4) is 0 Å². The maximum absolute atomic E-state index is 11.0. The van der Waals surface area contributed by atoms with Gasteiger partial charge in [0.1, 0.15) is 0 Å². The van der Waals surface area contributed by atoms with Crippen LogP contribution in [0.4, 0.5) is 0 Å². The molecule has 0 aliphatic carbocycles. The molecular formula is C13H17LiN4O-2. The molecular weight excluding hydrogens is 235 g/mol. The molecule has 0 fully saturated rings. The third-order valence-electron chi connectivity index (χ3n) is 1.97. The Morgan fingerprint density at radius 3 is 2.53 bits per heavy atom. The summed E-state index contributed by atoms with van der Waals surface area (Å²) < 4.78 is 0. The van der Waals surface area contributed by atoms with Gasteiger partial charge in [0.25, 0.3) is 0 Å². The van der Waals surface area contributed by atoms with E-state index < -0.39 is 0 Å². The van der Waals surface area contributed by atoms with Gasteiger partial charge in [0.2, 0.25) is 5.91 Å². The molecule has 1 amide bonds. The molecule has 5 nitrogen and oxygen atoms in total. The van der Waals surface area contributed by atoms with Gasteiger partial charge >= 0.3 is 18.9 Å². The van der Waals surface area contributed by atoms with Crippen molar-refractivity contribution in [2.75, 3.05) is 26.7 Å². The summed E-state index contributed by atoms with van der Waals surface area (Å²) in [6.45, 7) is 8.54. The van der Waals surface area contributed by atoms with Crippen LogP contribution < -0.4 is 24.2 Å². The SMILES string of the molecule is N#Cc1cc[c-]nc1.[CH2-]CN(C[CH2-])C(=O)CNC.[Li+]. The largest absolute Gasteiger partial charge is 1.00 e. The second kappa shape index (κ2) is 13.1. The number of hydrogen-bond acceptors (Lipinski definition) is 4. The number of nitrogens with zero attached hydrogens (tertiary/aromatic N) is 3. The number of carbonyl (C=O) groups is 1. The summed E-state index contributed by atoms with van der Waals surface area (Å²) in [5, 5.41) is 11.0. The predicted molar refractivity (Wildman–Crippen MR) is 69.0 cm³/mol.